The van der Waals surface area contributed by atoms with Gasteiger partial charge < -0.3 is 20.6 Å². The van der Waals surface area contributed by atoms with E-state index in [9.17, 15) is 15.3 Å². The van der Waals surface area contributed by atoms with Gasteiger partial charge in [0.05, 0.1) is 6.61 Å². The molecule has 0 radical (unpaired) electrons. The van der Waals surface area contributed by atoms with Crippen molar-refractivity contribution in [1.82, 2.24) is 5.32 Å². The minimum atomic E-state index is -0.226. The number of aliphatic hydroxyl groups is 1. The van der Waals surface area contributed by atoms with Gasteiger partial charge in [-0.15, -0.1) is 0 Å². The molecule has 2 rings (SSSR count). The Bertz CT molecular complexity index is 400. The number of hydrogen-bond donors (Lipinski definition) is 4. The molecule has 0 heterocycles. The summed E-state index contributed by atoms with van der Waals surface area (Å²) in [6.07, 6.45) is 5.39. The summed E-state index contributed by atoms with van der Waals surface area (Å²) in [5.74, 6) is -0.176. The van der Waals surface area contributed by atoms with Crippen LogP contribution in [-0.2, 0) is 6.54 Å². The number of aliphatic hydroxyl groups excluding tert-OH is 1. The molecule has 4 nitrogen and oxygen atoms in total. The van der Waals surface area contributed by atoms with Crippen molar-refractivity contribution in [2.45, 2.75) is 44.2 Å². The Labute approximate surface area is 107 Å². The van der Waals surface area contributed by atoms with Crippen molar-refractivity contribution in [3.63, 3.8) is 0 Å². The normalized spacial score (nSPS) is 18.7. The molecule has 0 bridgehead atoms. The van der Waals surface area contributed by atoms with Gasteiger partial charge in [0.2, 0.25) is 0 Å². The number of benzene rings is 1. The molecule has 4 heteroatoms. The molecule has 0 unspecified atom stereocenters. The van der Waals surface area contributed by atoms with E-state index in [4.69, 9.17) is 0 Å². The molecule has 1 aliphatic carbocycles. The van der Waals surface area contributed by atoms with Gasteiger partial charge in [0.15, 0.2) is 11.5 Å². The van der Waals surface area contributed by atoms with E-state index < -0.39 is 0 Å². The van der Waals surface area contributed by atoms with Crippen molar-refractivity contribution < 1.29 is 15.3 Å². The molecule has 100 valence electrons. The van der Waals surface area contributed by atoms with Crippen LogP contribution in [0.25, 0.3) is 0 Å². The largest absolute Gasteiger partial charge is 0.504 e. The average Bonchev–Trinajstić information content (AvgIpc) is 2.41. The zero-order chi connectivity index (χ0) is 13.0. The first-order valence-electron chi connectivity index (χ1n) is 6.53. The van der Waals surface area contributed by atoms with Crippen LogP contribution >= 0.6 is 0 Å². The topological polar surface area (TPSA) is 72.7 Å². The molecule has 0 amide bonds. The third kappa shape index (κ3) is 2.76. The summed E-state index contributed by atoms with van der Waals surface area (Å²) >= 11 is 0. The van der Waals surface area contributed by atoms with Crippen LogP contribution in [0.3, 0.4) is 0 Å². The molecular formula is C14H21NO3. The van der Waals surface area contributed by atoms with Crippen molar-refractivity contribution in [3.8, 4) is 11.5 Å². The molecule has 4 N–H and O–H groups in total. The van der Waals surface area contributed by atoms with Gasteiger partial charge in [0.1, 0.15) is 0 Å². The van der Waals surface area contributed by atoms with Gasteiger partial charge in [0.25, 0.3) is 0 Å². The highest BCUT2D eigenvalue weighted by molar-refractivity contribution is 5.44. The second-order valence-electron chi connectivity index (χ2n) is 5.14. The number of nitrogens with one attached hydrogen (secondary N) is 1. The summed E-state index contributed by atoms with van der Waals surface area (Å²) in [7, 11) is 0. The average molecular weight is 251 g/mol. The van der Waals surface area contributed by atoms with E-state index in [-0.39, 0.29) is 23.6 Å². The fourth-order valence-corrected chi connectivity index (χ4v) is 2.62. The van der Waals surface area contributed by atoms with E-state index in [2.05, 4.69) is 5.32 Å². The van der Waals surface area contributed by atoms with Crippen LogP contribution in [0, 0.1) is 0 Å². The quantitative estimate of drug-likeness (QED) is 0.617. The van der Waals surface area contributed by atoms with Crippen LogP contribution in [-0.4, -0.2) is 27.5 Å². The molecule has 1 aliphatic rings. The molecule has 1 fully saturated rings. The SMILES string of the molecule is OCC1(NCc2cccc(O)c2O)CCCCC1. The van der Waals surface area contributed by atoms with Gasteiger partial charge in [-0.05, 0) is 18.9 Å². The molecule has 0 aromatic heterocycles. The first-order chi connectivity index (χ1) is 8.67. The zero-order valence-corrected chi connectivity index (χ0v) is 10.5. The highest BCUT2D eigenvalue weighted by Crippen LogP contribution is 2.31. The van der Waals surface area contributed by atoms with Crippen molar-refractivity contribution >= 4 is 0 Å². The summed E-state index contributed by atoms with van der Waals surface area (Å²) in [4.78, 5) is 0. The monoisotopic (exact) mass is 251 g/mol. The van der Waals surface area contributed by atoms with E-state index >= 15 is 0 Å². The van der Waals surface area contributed by atoms with E-state index in [0.717, 1.165) is 25.7 Å². The molecule has 1 aromatic carbocycles. The summed E-state index contributed by atoms with van der Waals surface area (Å²) in [5, 5.41) is 32.1. The Hall–Kier alpha value is -1.26. The lowest BCUT2D eigenvalue weighted by Crippen LogP contribution is -2.49. The third-order valence-corrected chi connectivity index (χ3v) is 3.87. The highest BCUT2D eigenvalue weighted by Gasteiger charge is 2.30. The summed E-state index contributed by atoms with van der Waals surface area (Å²) in [6, 6.07) is 4.94. The van der Waals surface area contributed by atoms with E-state index in [1.165, 1.54) is 12.5 Å². The predicted octanol–water partition coefficient (Wildman–Crippen LogP) is 1.88. The Balaban J connectivity index is 2.03. The van der Waals surface area contributed by atoms with Gasteiger partial charge in [-0.1, -0.05) is 31.4 Å². The smallest absolute Gasteiger partial charge is 0.161 e. The lowest BCUT2D eigenvalue weighted by atomic mass is 9.82. The van der Waals surface area contributed by atoms with Crippen molar-refractivity contribution in [1.29, 1.82) is 0 Å². The van der Waals surface area contributed by atoms with Crippen molar-refractivity contribution in [2.24, 2.45) is 0 Å². The molecule has 0 saturated heterocycles. The summed E-state index contributed by atoms with van der Waals surface area (Å²) in [5.41, 5.74) is 0.435. The number of para-hydroxylation sites is 1. The minimum absolute atomic E-state index is 0.0751. The maximum atomic E-state index is 9.73. The molecule has 0 atom stereocenters. The second kappa shape index (κ2) is 5.59. The predicted molar refractivity (Wildman–Crippen MR) is 69.5 cm³/mol. The van der Waals surface area contributed by atoms with Crippen molar-refractivity contribution in [2.75, 3.05) is 6.61 Å². The van der Waals surface area contributed by atoms with Crippen LogP contribution in [0.2, 0.25) is 0 Å². The third-order valence-electron chi connectivity index (χ3n) is 3.87. The van der Waals surface area contributed by atoms with Gasteiger partial charge in [-0.3, -0.25) is 0 Å². The number of aromatic hydroxyl groups is 2. The molecule has 18 heavy (non-hydrogen) atoms. The Morgan fingerprint density at radius 3 is 2.50 bits per heavy atom. The van der Waals surface area contributed by atoms with Crippen LogP contribution in [0.15, 0.2) is 18.2 Å². The van der Waals surface area contributed by atoms with Gasteiger partial charge >= 0.3 is 0 Å². The first-order valence-corrected chi connectivity index (χ1v) is 6.53. The summed E-state index contributed by atoms with van der Waals surface area (Å²) < 4.78 is 0. The van der Waals surface area contributed by atoms with Crippen LogP contribution in [0.4, 0.5) is 0 Å². The minimum Gasteiger partial charge on any atom is -0.504 e. The lowest BCUT2D eigenvalue weighted by Gasteiger charge is -2.36. The molecule has 1 saturated carbocycles. The maximum Gasteiger partial charge on any atom is 0.161 e. The van der Waals surface area contributed by atoms with E-state index in [1.807, 2.05) is 0 Å². The molecule has 0 aliphatic heterocycles. The number of hydrogen-bond acceptors (Lipinski definition) is 4. The Morgan fingerprint density at radius 1 is 1.11 bits per heavy atom. The Kier molecular flexibility index (Phi) is 4.09. The van der Waals surface area contributed by atoms with Crippen LogP contribution in [0.1, 0.15) is 37.7 Å². The van der Waals surface area contributed by atoms with Crippen LogP contribution < -0.4 is 5.32 Å². The van der Waals surface area contributed by atoms with Gasteiger partial charge in [-0.25, -0.2) is 0 Å². The number of phenols is 2. The van der Waals surface area contributed by atoms with E-state index in [1.54, 1.807) is 12.1 Å². The maximum absolute atomic E-state index is 9.73. The molecular weight excluding hydrogens is 230 g/mol. The van der Waals surface area contributed by atoms with Crippen molar-refractivity contribution in [3.05, 3.63) is 23.8 Å². The van der Waals surface area contributed by atoms with E-state index in [0.29, 0.717) is 12.1 Å². The number of rotatable bonds is 4. The first kappa shape index (κ1) is 13.2. The second-order valence-corrected chi connectivity index (χ2v) is 5.14. The Morgan fingerprint density at radius 2 is 1.83 bits per heavy atom. The molecule has 0 spiro atoms. The zero-order valence-electron chi connectivity index (χ0n) is 10.5. The molecule has 1 aromatic rings. The highest BCUT2D eigenvalue weighted by atomic mass is 16.3. The lowest BCUT2D eigenvalue weighted by molar-refractivity contribution is 0.119. The van der Waals surface area contributed by atoms with Gasteiger partial charge in [0, 0.05) is 17.6 Å². The summed E-state index contributed by atoms with van der Waals surface area (Å²) in [6.45, 7) is 0.577. The van der Waals surface area contributed by atoms with Gasteiger partial charge in [-0.2, -0.15) is 0 Å². The fraction of sp³-hybridized carbons (Fsp3) is 0.571. The fourth-order valence-electron chi connectivity index (χ4n) is 2.62. The van der Waals surface area contributed by atoms with Crippen LogP contribution in [0.5, 0.6) is 11.5 Å². The standard InChI is InChI=1S/C14H21NO3/c16-10-14(7-2-1-3-8-14)15-9-11-5-4-6-12(17)13(11)18/h4-6,15-18H,1-3,7-10H2. The number of phenolic OH excluding ortho intramolecular Hbond substituents is 2.